The predicted molar refractivity (Wildman–Crippen MR) is 223 cm³/mol. The summed E-state index contributed by atoms with van der Waals surface area (Å²) in [6.45, 7) is 0. The normalized spacial score (nSPS) is 15.2. The molecule has 1 atom stereocenters. The van der Waals surface area contributed by atoms with E-state index in [-0.39, 0.29) is 0 Å². The molecule has 0 spiro atoms. The Morgan fingerprint density at radius 3 is 1.37 bits per heavy atom. The van der Waals surface area contributed by atoms with Crippen molar-refractivity contribution in [3.63, 3.8) is 0 Å². The van der Waals surface area contributed by atoms with Crippen molar-refractivity contribution in [3.8, 4) is 22.3 Å². The molecule has 2 nitrogen and oxygen atoms in total. The van der Waals surface area contributed by atoms with Crippen LogP contribution in [0.2, 0.25) is 0 Å². The predicted octanol–water partition coefficient (Wildman–Crippen LogP) is 13.7. The van der Waals surface area contributed by atoms with E-state index in [0.717, 1.165) is 36.3 Å². The molecule has 7 aromatic carbocycles. The Hall–Kier alpha value is -6.38. The van der Waals surface area contributed by atoms with E-state index in [2.05, 4.69) is 210 Å². The molecule has 250 valence electrons. The van der Waals surface area contributed by atoms with E-state index in [4.69, 9.17) is 0 Å². The Morgan fingerprint density at radius 2 is 0.904 bits per heavy atom. The molecular formula is C50H40N2. The van der Waals surface area contributed by atoms with Gasteiger partial charge in [-0.2, -0.15) is 0 Å². The number of hydrogen-bond acceptors (Lipinski definition) is 2. The van der Waals surface area contributed by atoms with E-state index >= 15 is 0 Å². The van der Waals surface area contributed by atoms with Gasteiger partial charge in [0.1, 0.15) is 0 Å². The van der Waals surface area contributed by atoms with Crippen LogP contribution < -0.4 is 9.80 Å². The van der Waals surface area contributed by atoms with E-state index in [9.17, 15) is 0 Å². The highest BCUT2D eigenvalue weighted by Crippen LogP contribution is 2.45. The molecule has 0 fully saturated rings. The fourth-order valence-electron chi connectivity index (χ4n) is 7.99. The molecule has 7 aromatic rings. The Balaban J connectivity index is 1.15. The van der Waals surface area contributed by atoms with Gasteiger partial charge in [0.15, 0.2) is 0 Å². The van der Waals surface area contributed by atoms with Gasteiger partial charge < -0.3 is 9.80 Å². The minimum Gasteiger partial charge on any atom is -0.335 e. The van der Waals surface area contributed by atoms with Crippen LogP contribution in [0.4, 0.5) is 22.7 Å². The summed E-state index contributed by atoms with van der Waals surface area (Å²) in [7, 11) is 0. The molecule has 0 amide bonds. The monoisotopic (exact) mass is 668 g/mol. The number of fused-ring (bicyclic) bond motifs is 2. The highest BCUT2D eigenvalue weighted by molar-refractivity contribution is 6.21. The van der Waals surface area contributed by atoms with Crippen molar-refractivity contribution in [2.24, 2.45) is 0 Å². The number of para-hydroxylation sites is 2. The first-order valence-corrected chi connectivity index (χ1v) is 18.4. The Morgan fingerprint density at radius 1 is 0.423 bits per heavy atom. The molecule has 1 unspecified atom stereocenters. The fourth-order valence-corrected chi connectivity index (χ4v) is 7.99. The van der Waals surface area contributed by atoms with Crippen LogP contribution in [0.5, 0.6) is 0 Å². The standard InChI is InChI=1S/C50H40N2/c1-5-17-39(18-6-1)51(40-19-7-2-8-20-40)43-33-29-37(30-34-43)49-45-25-13-15-27-47(45)50(48-28-16-14-26-46(48)49)38-31-35-44(36-32-38)52(41-21-9-3-10-22-41)42-23-11-4-12-24-42/h1-3,5-11,13-21,23-36,41H,4,12,22H2. The molecule has 0 heterocycles. The van der Waals surface area contributed by atoms with Crippen LogP contribution in [0, 0.1) is 0 Å². The SMILES string of the molecule is C1=CCC(N(C2=CCCC=C2)c2ccc(-c3c4ccccc4c(-c4ccc(N(c5ccccc5)c5ccccc5)cc4)c4ccccc34)cc2)C=C1. The van der Waals surface area contributed by atoms with Crippen molar-refractivity contribution in [1.82, 2.24) is 0 Å². The lowest BCUT2D eigenvalue weighted by molar-refractivity contribution is 0.755. The largest absolute Gasteiger partial charge is 0.335 e. The van der Waals surface area contributed by atoms with Crippen LogP contribution in [-0.2, 0) is 0 Å². The lowest BCUT2D eigenvalue weighted by atomic mass is 9.86. The number of nitrogens with zero attached hydrogens (tertiary/aromatic N) is 2. The topological polar surface area (TPSA) is 6.48 Å². The summed E-state index contributed by atoms with van der Waals surface area (Å²) in [5.74, 6) is 0. The van der Waals surface area contributed by atoms with Crippen LogP contribution in [0.1, 0.15) is 19.3 Å². The molecule has 52 heavy (non-hydrogen) atoms. The summed E-state index contributed by atoms with van der Waals surface area (Å²) in [5.41, 5.74) is 10.9. The van der Waals surface area contributed by atoms with Crippen molar-refractivity contribution in [3.05, 3.63) is 206 Å². The molecule has 9 rings (SSSR count). The lowest BCUT2D eigenvalue weighted by Crippen LogP contribution is -2.33. The molecule has 0 N–H and O–H groups in total. The first-order chi connectivity index (χ1) is 25.8. The Kier molecular flexibility index (Phi) is 8.56. The van der Waals surface area contributed by atoms with Crippen molar-refractivity contribution in [1.29, 1.82) is 0 Å². The molecule has 0 saturated heterocycles. The van der Waals surface area contributed by atoms with Gasteiger partial charge >= 0.3 is 0 Å². The zero-order valence-electron chi connectivity index (χ0n) is 29.1. The van der Waals surface area contributed by atoms with E-state index in [0.29, 0.717) is 6.04 Å². The maximum Gasteiger partial charge on any atom is 0.0559 e. The molecule has 2 aliphatic carbocycles. The smallest absolute Gasteiger partial charge is 0.0559 e. The van der Waals surface area contributed by atoms with E-state index in [1.807, 2.05) is 0 Å². The van der Waals surface area contributed by atoms with Crippen LogP contribution in [0.15, 0.2) is 206 Å². The Labute approximate surface area is 306 Å². The van der Waals surface area contributed by atoms with Gasteiger partial charge in [-0.3, -0.25) is 0 Å². The van der Waals surface area contributed by atoms with Crippen molar-refractivity contribution in [2.45, 2.75) is 25.3 Å². The van der Waals surface area contributed by atoms with Crippen LogP contribution in [-0.4, -0.2) is 6.04 Å². The first kappa shape index (κ1) is 31.6. The number of hydrogen-bond donors (Lipinski definition) is 0. The minimum atomic E-state index is 0.296. The molecular weight excluding hydrogens is 629 g/mol. The molecule has 0 aliphatic heterocycles. The van der Waals surface area contributed by atoms with Crippen molar-refractivity contribution < 1.29 is 0 Å². The van der Waals surface area contributed by atoms with Gasteiger partial charge in [0.2, 0.25) is 0 Å². The molecule has 0 bridgehead atoms. The third-order valence-corrected chi connectivity index (χ3v) is 10.4. The second-order valence-electron chi connectivity index (χ2n) is 13.5. The van der Waals surface area contributed by atoms with Crippen LogP contribution in [0.25, 0.3) is 43.8 Å². The van der Waals surface area contributed by atoms with E-state index in [1.54, 1.807) is 0 Å². The summed E-state index contributed by atoms with van der Waals surface area (Å²) in [6, 6.07) is 57.7. The number of anilines is 4. The molecule has 2 aliphatic rings. The van der Waals surface area contributed by atoms with E-state index < -0.39 is 0 Å². The number of rotatable bonds is 8. The average Bonchev–Trinajstić information content (AvgIpc) is 3.22. The zero-order valence-corrected chi connectivity index (χ0v) is 29.1. The van der Waals surface area contributed by atoms with Crippen LogP contribution in [0.3, 0.4) is 0 Å². The molecule has 0 saturated carbocycles. The first-order valence-electron chi connectivity index (χ1n) is 18.4. The minimum absolute atomic E-state index is 0.296. The second kappa shape index (κ2) is 14.1. The highest BCUT2D eigenvalue weighted by atomic mass is 15.2. The average molecular weight is 669 g/mol. The summed E-state index contributed by atoms with van der Waals surface area (Å²) in [6.07, 6.45) is 19.1. The maximum absolute atomic E-state index is 2.50. The summed E-state index contributed by atoms with van der Waals surface area (Å²) in [5, 5.41) is 5.04. The molecule has 0 radical (unpaired) electrons. The number of benzene rings is 7. The summed E-state index contributed by atoms with van der Waals surface area (Å²) >= 11 is 0. The quantitative estimate of drug-likeness (QED) is 0.149. The third kappa shape index (κ3) is 5.93. The van der Waals surface area contributed by atoms with Gasteiger partial charge in [-0.1, -0.05) is 146 Å². The Bertz CT molecular complexity index is 2370. The van der Waals surface area contributed by atoms with Crippen molar-refractivity contribution >= 4 is 44.3 Å². The summed E-state index contributed by atoms with van der Waals surface area (Å²) in [4.78, 5) is 4.81. The summed E-state index contributed by atoms with van der Waals surface area (Å²) < 4.78 is 0. The van der Waals surface area contributed by atoms with Gasteiger partial charge in [-0.05, 0) is 118 Å². The molecule has 2 heteroatoms. The highest BCUT2D eigenvalue weighted by Gasteiger charge is 2.22. The van der Waals surface area contributed by atoms with Gasteiger partial charge in [0, 0.05) is 28.4 Å². The van der Waals surface area contributed by atoms with E-state index in [1.165, 1.54) is 55.2 Å². The fraction of sp³-hybridized carbons (Fsp3) is 0.0800. The van der Waals surface area contributed by atoms with Gasteiger partial charge in [-0.15, -0.1) is 0 Å². The van der Waals surface area contributed by atoms with Crippen LogP contribution >= 0.6 is 0 Å². The lowest BCUT2D eigenvalue weighted by Gasteiger charge is -2.34. The van der Waals surface area contributed by atoms with Gasteiger partial charge in [-0.25, -0.2) is 0 Å². The third-order valence-electron chi connectivity index (χ3n) is 10.4. The molecule has 0 aromatic heterocycles. The second-order valence-corrected chi connectivity index (χ2v) is 13.5. The zero-order chi connectivity index (χ0) is 34.7. The van der Waals surface area contributed by atoms with Crippen molar-refractivity contribution in [2.75, 3.05) is 9.80 Å². The van der Waals surface area contributed by atoms with Gasteiger partial charge in [0.25, 0.3) is 0 Å². The van der Waals surface area contributed by atoms with Gasteiger partial charge in [0.05, 0.1) is 6.04 Å². The maximum atomic E-state index is 2.50. The number of allylic oxidation sites excluding steroid dienone is 5.